The van der Waals surface area contributed by atoms with Gasteiger partial charge in [0.25, 0.3) is 11.8 Å². The molecule has 0 unspecified atom stereocenters. The van der Waals surface area contributed by atoms with Crippen molar-refractivity contribution in [3.63, 3.8) is 0 Å². The minimum absolute atomic E-state index is 0.366. The first kappa shape index (κ1) is 29.3. The molecular formula is C31H28Cl2N6O2S. The highest BCUT2D eigenvalue weighted by Gasteiger charge is 2.39. The number of dihydropyridines is 1. The van der Waals surface area contributed by atoms with Crippen LogP contribution in [0.3, 0.4) is 0 Å². The van der Waals surface area contributed by atoms with Crippen LogP contribution in [0.2, 0.25) is 10.0 Å². The summed E-state index contributed by atoms with van der Waals surface area (Å²) >= 11 is 13.6. The van der Waals surface area contributed by atoms with Gasteiger partial charge in [-0.25, -0.2) is 9.66 Å². The molecule has 2 heterocycles. The number of allylic oxidation sites excluding steroid dienone is 2. The number of nitrogens with zero attached hydrogens (tertiary/aromatic N) is 2. The van der Waals surface area contributed by atoms with Gasteiger partial charge in [0.15, 0.2) is 5.16 Å². The third-order valence-corrected chi connectivity index (χ3v) is 7.86. The lowest BCUT2D eigenvalue weighted by Gasteiger charge is -2.32. The molecule has 0 bridgehead atoms. The highest BCUT2D eigenvalue weighted by atomic mass is 35.5. The van der Waals surface area contributed by atoms with Crippen molar-refractivity contribution >= 4 is 63.8 Å². The lowest BCUT2D eigenvalue weighted by Crippen LogP contribution is -2.36. The molecule has 3 aromatic carbocycles. The first-order valence-corrected chi connectivity index (χ1v) is 15.0. The number of anilines is 3. The molecule has 1 aromatic heterocycles. The van der Waals surface area contributed by atoms with Gasteiger partial charge in [0, 0.05) is 44.0 Å². The third kappa shape index (κ3) is 6.33. The van der Waals surface area contributed by atoms with Crippen LogP contribution >= 0.6 is 35.0 Å². The molecule has 0 spiro atoms. The topological polar surface area (TPSA) is 100 Å². The summed E-state index contributed by atoms with van der Waals surface area (Å²) in [6.45, 7) is 3.64. The van der Waals surface area contributed by atoms with Crippen LogP contribution in [0.25, 0.3) is 0 Å². The summed E-state index contributed by atoms with van der Waals surface area (Å²) in [5.41, 5.74) is 7.97. The summed E-state index contributed by atoms with van der Waals surface area (Å²) in [4.78, 5) is 32.6. The molecule has 0 atom stereocenters. The Morgan fingerprint density at radius 3 is 1.76 bits per heavy atom. The highest BCUT2D eigenvalue weighted by Crippen LogP contribution is 2.40. The Hall–Kier alpha value is -4.18. The zero-order valence-electron chi connectivity index (χ0n) is 23.0. The highest BCUT2D eigenvalue weighted by molar-refractivity contribution is 7.98. The van der Waals surface area contributed by atoms with Crippen molar-refractivity contribution in [1.82, 2.24) is 15.0 Å². The Bertz CT molecular complexity index is 1600. The van der Waals surface area contributed by atoms with E-state index in [1.165, 1.54) is 11.8 Å². The van der Waals surface area contributed by atoms with Crippen molar-refractivity contribution in [2.75, 3.05) is 22.3 Å². The molecular weight excluding hydrogens is 591 g/mol. The fourth-order valence-electron chi connectivity index (χ4n) is 4.80. The zero-order chi connectivity index (χ0) is 29.8. The van der Waals surface area contributed by atoms with E-state index in [0.29, 0.717) is 54.8 Å². The summed E-state index contributed by atoms with van der Waals surface area (Å²) in [6.07, 6.45) is 3.62. The number of carbonyl (C=O) groups excluding carboxylic acids is 2. The molecule has 8 nitrogen and oxygen atoms in total. The molecule has 42 heavy (non-hydrogen) atoms. The van der Waals surface area contributed by atoms with Crippen LogP contribution in [-0.4, -0.2) is 27.7 Å². The van der Waals surface area contributed by atoms with Crippen LogP contribution in [0.4, 0.5) is 17.1 Å². The molecule has 0 aliphatic carbocycles. The lowest BCUT2D eigenvalue weighted by atomic mass is 9.82. The van der Waals surface area contributed by atoms with Gasteiger partial charge in [0.1, 0.15) is 0 Å². The Labute approximate surface area is 258 Å². The quantitative estimate of drug-likeness (QED) is 0.155. The number of amides is 2. The van der Waals surface area contributed by atoms with Gasteiger partial charge in [-0.3, -0.25) is 15.0 Å². The van der Waals surface area contributed by atoms with E-state index in [1.807, 2.05) is 55.1 Å². The van der Waals surface area contributed by atoms with Gasteiger partial charge >= 0.3 is 0 Å². The molecule has 0 saturated heterocycles. The van der Waals surface area contributed by atoms with Gasteiger partial charge in [0.05, 0.1) is 23.5 Å². The number of para-hydroxylation sites is 1. The number of thioether (sulfide) groups is 1. The number of benzene rings is 3. The minimum Gasteiger partial charge on any atom is -0.362 e. The monoisotopic (exact) mass is 618 g/mol. The van der Waals surface area contributed by atoms with Gasteiger partial charge in [-0.15, -0.1) is 0 Å². The molecule has 4 aromatic rings. The fourth-order valence-corrected chi connectivity index (χ4v) is 5.55. The maximum absolute atomic E-state index is 14.0. The number of carbonyl (C=O) groups is 2. The predicted octanol–water partition coefficient (Wildman–Crippen LogP) is 7.30. The molecule has 1 aliphatic heterocycles. The molecule has 214 valence electrons. The van der Waals surface area contributed by atoms with Crippen molar-refractivity contribution in [2.45, 2.75) is 24.9 Å². The van der Waals surface area contributed by atoms with Crippen LogP contribution in [0.15, 0.2) is 113 Å². The Balaban J connectivity index is 1.62. The van der Waals surface area contributed by atoms with E-state index < -0.39 is 5.92 Å². The zero-order valence-corrected chi connectivity index (χ0v) is 25.4. The van der Waals surface area contributed by atoms with Gasteiger partial charge in [-0.05, 0) is 80.8 Å². The smallest absolute Gasteiger partial charge is 0.254 e. The first-order valence-electron chi connectivity index (χ1n) is 13.0. The molecule has 0 fully saturated rings. The maximum Gasteiger partial charge on any atom is 0.254 e. The van der Waals surface area contributed by atoms with Crippen molar-refractivity contribution in [2.24, 2.45) is 0 Å². The average Bonchev–Trinajstić information content (AvgIpc) is 3.37. The van der Waals surface area contributed by atoms with Crippen molar-refractivity contribution in [3.05, 3.63) is 123 Å². The van der Waals surface area contributed by atoms with Crippen LogP contribution in [-0.2, 0) is 9.59 Å². The molecule has 0 saturated carbocycles. The SMILES string of the molecule is CSc1ncc(C2C(C(=O)Nc3ccc(Cl)cc3)=C(C)NC(C)=C2C(=O)Nc2ccc(Cl)cc2)n1Nc1ccccc1. The largest absolute Gasteiger partial charge is 0.362 e. The average molecular weight is 620 g/mol. The number of hydrogen-bond donors (Lipinski definition) is 4. The van der Waals surface area contributed by atoms with Gasteiger partial charge in [-0.1, -0.05) is 53.2 Å². The summed E-state index contributed by atoms with van der Waals surface area (Å²) in [6, 6.07) is 23.3. The number of halogens is 2. The van der Waals surface area contributed by atoms with E-state index in [2.05, 4.69) is 26.4 Å². The van der Waals surface area contributed by atoms with Crippen LogP contribution in [0.1, 0.15) is 25.5 Å². The van der Waals surface area contributed by atoms with E-state index in [1.54, 1.807) is 54.7 Å². The summed E-state index contributed by atoms with van der Waals surface area (Å²) in [5.74, 6) is -1.51. The Morgan fingerprint density at radius 2 is 1.29 bits per heavy atom. The lowest BCUT2D eigenvalue weighted by molar-refractivity contribution is -0.113. The Kier molecular flexibility index (Phi) is 8.91. The van der Waals surface area contributed by atoms with Gasteiger partial charge < -0.3 is 16.0 Å². The summed E-state index contributed by atoms with van der Waals surface area (Å²) < 4.78 is 1.82. The normalized spacial score (nSPS) is 13.5. The van der Waals surface area contributed by atoms with Gasteiger partial charge in [-0.2, -0.15) is 0 Å². The number of aromatic nitrogens is 2. The van der Waals surface area contributed by atoms with Crippen molar-refractivity contribution in [3.8, 4) is 0 Å². The minimum atomic E-state index is -0.782. The number of nitrogens with one attached hydrogen (secondary N) is 4. The third-order valence-electron chi connectivity index (χ3n) is 6.70. The second kappa shape index (κ2) is 12.8. The molecule has 4 N–H and O–H groups in total. The standard InChI is InChI=1S/C31H28Cl2N6O2S/c1-18-26(29(40)36-22-13-9-20(32)10-14-22)28(25-17-34-31(42-3)39(25)38-24-7-5-4-6-8-24)27(19(2)35-18)30(41)37-23-15-11-21(33)12-16-23/h4-17,28,35,38H,1-3H3,(H,36,40)(H,37,41). The van der Waals surface area contributed by atoms with Crippen LogP contribution in [0, 0.1) is 0 Å². The predicted molar refractivity (Wildman–Crippen MR) is 171 cm³/mol. The molecule has 1 aliphatic rings. The van der Waals surface area contributed by atoms with E-state index in [-0.39, 0.29) is 11.8 Å². The first-order chi connectivity index (χ1) is 20.2. The van der Waals surface area contributed by atoms with Crippen molar-refractivity contribution in [1.29, 1.82) is 0 Å². The van der Waals surface area contributed by atoms with Crippen molar-refractivity contribution < 1.29 is 9.59 Å². The fraction of sp³-hybridized carbons (Fsp3) is 0.129. The van der Waals surface area contributed by atoms with E-state index in [9.17, 15) is 9.59 Å². The second-order valence-corrected chi connectivity index (χ2v) is 11.2. The number of hydrogen-bond acceptors (Lipinski definition) is 6. The second-order valence-electron chi connectivity index (χ2n) is 9.54. The summed E-state index contributed by atoms with van der Waals surface area (Å²) in [5, 5.41) is 11.0. The number of imidazole rings is 1. The summed E-state index contributed by atoms with van der Waals surface area (Å²) in [7, 11) is 0. The van der Waals surface area contributed by atoms with E-state index in [4.69, 9.17) is 23.2 Å². The molecule has 0 radical (unpaired) electrons. The van der Waals surface area contributed by atoms with Gasteiger partial charge in [0.2, 0.25) is 0 Å². The van der Waals surface area contributed by atoms with E-state index >= 15 is 0 Å². The van der Waals surface area contributed by atoms with Crippen LogP contribution < -0.4 is 21.4 Å². The number of rotatable bonds is 8. The molecule has 5 rings (SSSR count). The Morgan fingerprint density at radius 1 is 0.786 bits per heavy atom. The molecule has 11 heteroatoms. The molecule has 2 amide bonds. The van der Waals surface area contributed by atoms with E-state index in [0.717, 1.165) is 5.69 Å². The van der Waals surface area contributed by atoms with Crippen LogP contribution in [0.5, 0.6) is 0 Å². The maximum atomic E-state index is 14.0.